The molecule has 94 valence electrons. The summed E-state index contributed by atoms with van der Waals surface area (Å²) < 4.78 is 1.65. The van der Waals surface area contributed by atoms with Gasteiger partial charge in [-0.05, 0) is 25.3 Å². The van der Waals surface area contributed by atoms with Gasteiger partial charge in [-0.1, -0.05) is 0 Å². The minimum Gasteiger partial charge on any atom is -0.398 e. The number of anilines is 1. The molecule has 2 N–H and O–H groups in total. The first-order valence-corrected chi connectivity index (χ1v) is 6.09. The molecule has 0 saturated carbocycles. The van der Waals surface area contributed by atoms with E-state index in [1.165, 1.54) is 12.5 Å². The largest absolute Gasteiger partial charge is 0.398 e. The lowest BCUT2D eigenvalue weighted by atomic mass is 10.3. The Balaban J connectivity index is 1.81. The smallest absolute Gasteiger partial charge is 0.250 e. The fourth-order valence-electron chi connectivity index (χ4n) is 1.97. The van der Waals surface area contributed by atoms with Crippen LogP contribution in [0.3, 0.4) is 0 Å². The lowest BCUT2D eigenvalue weighted by Crippen LogP contribution is -2.32. The summed E-state index contributed by atoms with van der Waals surface area (Å²) >= 11 is 0. The maximum absolute atomic E-state index is 11.5. The van der Waals surface area contributed by atoms with Crippen LogP contribution in [-0.4, -0.2) is 29.3 Å². The highest BCUT2D eigenvalue weighted by Gasteiger charge is 2.09. The van der Waals surface area contributed by atoms with Crippen LogP contribution < -0.4 is 11.3 Å². The summed E-state index contributed by atoms with van der Waals surface area (Å²) in [5.74, 6) is 0. The molecule has 1 aliphatic rings. The van der Waals surface area contributed by atoms with E-state index < -0.39 is 0 Å². The molecule has 1 saturated heterocycles. The Hall–Kier alpha value is -1.33. The second-order valence-electron chi connectivity index (χ2n) is 4.32. The molecule has 0 amide bonds. The van der Waals surface area contributed by atoms with Crippen molar-refractivity contribution < 1.29 is 4.84 Å². The molecule has 2 rings (SSSR count). The van der Waals surface area contributed by atoms with Crippen molar-refractivity contribution in [1.82, 2.24) is 9.63 Å². The van der Waals surface area contributed by atoms with Crippen LogP contribution in [0.1, 0.15) is 19.3 Å². The topological polar surface area (TPSA) is 60.5 Å². The Kier molecular flexibility index (Phi) is 4.17. The summed E-state index contributed by atoms with van der Waals surface area (Å²) in [5.41, 5.74) is 6.27. The monoisotopic (exact) mass is 237 g/mol. The number of nitrogens with zero attached hydrogens (tertiary/aromatic N) is 2. The third-order valence-electron chi connectivity index (χ3n) is 2.89. The van der Waals surface area contributed by atoms with Crippen LogP contribution in [0.5, 0.6) is 0 Å². The van der Waals surface area contributed by atoms with Crippen molar-refractivity contribution in [3.63, 3.8) is 0 Å². The first-order valence-electron chi connectivity index (χ1n) is 6.09. The molecule has 0 unspecified atom stereocenters. The molecule has 17 heavy (non-hydrogen) atoms. The summed E-state index contributed by atoms with van der Waals surface area (Å²) in [7, 11) is 0. The normalized spacial score (nSPS) is 17.2. The van der Waals surface area contributed by atoms with Crippen LogP contribution in [0.4, 0.5) is 5.69 Å². The molecule has 1 aromatic rings. The van der Waals surface area contributed by atoms with Gasteiger partial charge >= 0.3 is 0 Å². The van der Waals surface area contributed by atoms with E-state index in [0.717, 1.165) is 32.5 Å². The van der Waals surface area contributed by atoms with E-state index in [2.05, 4.69) is 0 Å². The van der Waals surface area contributed by atoms with Crippen LogP contribution in [0.25, 0.3) is 0 Å². The maximum atomic E-state index is 11.5. The van der Waals surface area contributed by atoms with Crippen molar-refractivity contribution in [2.45, 2.75) is 25.8 Å². The molecule has 0 aliphatic carbocycles. The molecule has 1 aliphatic heterocycles. The Bertz CT molecular complexity index is 410. The average Bonchev–Trinajstić information content (AvgIpc) is 2.35. The van der Waals surface area contributed by atoms with Gasteiger partial charge in [0.15, 0.2) is 0 Å². The summed E-state index contributed by atoms with van der Waals surface area (Å²) in [5, 5.41) is 1.99. The lowest BCUT2D eigenvalue weighted by Gasteiger charge is -2.25. The van der Waals surface area contributed by atoms with Crippen LogP contribution in [0, 0.1) is 0 Å². The SMILES string of the molecule is Nc1ccc(=O)n(CCCN2CCCCO2)c1. The summed E-state index contributed by atoms with van der Waals surface area (Å²) in [4.78, 5) is 17.0. The number of nitrogen functional groups attached to an aromatic ring is 1. The third kappa shape index (κ3) is 3.57. The number of nitrogens with two attached hydrogens (primary N) is 1. The molecule has 5 nitrogen and oxygen atoms in total. The van der Waals surface area contributed by atoms with Gasteiger partial charge in [-0.3, -0.25) is 9.63 Å². The zero-order valence-corrected chi connectivity index (χ0v) is 9.97. The number of hydroxylamine groups is 2. The van der Waals surface area contributed by atoms with E-state index in [1.807, 2.05) is 5.06 Å². The van der Waals surface area contributed by atoms with Gasteiger partial charge in [0.05, 0.1) is 6.61 Å². The molecule has 1 aromatic heterocycles. The zero-order valence-electron chi connectivity index (χ0n) is 9.97. The van der Waals surface area contributed by atoms with Crippen molar-refractivity contribution in [1.29, 1.82) is 0 Å². The molecule has 1 fully saturated rings. The van der Waals surface area contributed by atoms with Crippen LogP contribution >= 0.6 is 0 Å². The average molecular weight is 237 g/mol. The molecular formula is C12H19N3O2. The Morgan fingerprint density at radius 3 is 2.94 bits per heavy atom. The number of aryl methyl sites for hydroxylation is 1. The Morgan fingerprint density at radius 2 is 2.18 bits per heavy atom. The zero-order chi connectivity index (χ0) is 12.1. The minimum absolute atomic E-state index is 0.00115. The van der Waals surface area contributed by atoms with Crippen molar-refractivity contribution >= 4 is 5.69 Å². The number of rotatable bonds is 4. The summed E-state index contributed by atoms with van der Waals surface area (Å²) in [6.45, 7) is 3.36. The minimum atomic E-state index is -0.00115. The highest BCUT2D eigenvalue weighted by Crippen LogP contribution is 2.06. The van der Waals surface area contributed by atoms with Crippen LogP contribution in [0.2, 0.25) is 0 Å². The molecule has 0 spiro atoms. The number of hydrogen-bond acceptors (Lipinski definition) is 4. The number of aromatic nitrogens is 1. The summed E-state index contributed by atoms with van der Waals surface area (Å²) in [6.07, 6.45) is 4.92. The maximum Gasteiger partial charge on any atom is 0.250 e. The molecule has 0 bridgehead atoms. The standard InChI is InChI=1S/C12H19N3O2/c13-11-4-5-12(16)14(10-11)6-3-8-15-7-1-2-9-17-15/h4-5,10H,1-3,6-9,13H2. The molecule has 5 heteroatoms. The summed E-state index contributed by atoms with van der Waals surface area (Å²) in [6, 6.07) is 3.14. The first kappa shape index (κ1) is 12.1. The predicted octanol–water partition coefficient (Wildman–Crippen LogP) is 0.848. The van der Waals surface area contributed by atoms with E-state index in [-0.39, 0.29) is 5.56 Å². The Labute approximate surface area is 101 Å². The van der Waals surface area contributed by atoms with Gasteiger partial charge in [0.1, 0.15) is 0 Å². The van der Waals surface area contributed by atoms with Gasteiger partial charge < -0.3 is 10.3 Å². The van der Waals surface area contributed by atoms with Gasteiger partial charge in [0.25, 0.3) is 5.56 Å². The molecule has 2 heterocycles. The van der Waals surface area contributed by atoms with Crippen LogP contribution in [-0.2, 0) is 11.4 Å². The Morgan fingerprint density at radius 1 is 1.29 bits per heavy atom. The fraction of sp³-hybridized carbons (Fsp3) is 0.583. The number of hydrogen-bond donors (Lipinski definition) is 1. The van der Waals surface area contributed by atoms with Crippen molar-refractivity contribution in [3.8, 4) is 0 Å². The molecule has 0 radical (unpaired) electrons. The second-order valence-corrected chi connectivity index (χ2v) is 4.32. The highest BCUT2D eigenvalue weighted by atomic mass is 16.7. The molecule has 0 atom stereocenters. The fourth-order valence-corrected chi connectivity index (χ4v) is 1.97. The van der Waals surface area contributed by atoms with E-state index >= 15 is 0 Å². The predicted molar refractivity (Wildman–Crippen MR) is 66.5 cm³/mol. The van der Waals surface area contributed by atoms with E-state index in [0.29, 0.717) is 12.2 Å². The highest BCUT2D eigenvalue weighted by molar-refractivity contribution is 5.33. The van der Waals surface area contributed by atoms with Crippen molar-refractivity contribution in [2.24, 2.45) is 0 Å². The lowest BCUT2D eigenvalue weighted by molar-refractivity contribution is -0.180. The van der Waals surface area contributed by atoms with Gasteiger partial charge in [-0.15, -0.1) is 0 Å². The van der Waals surface area contributed by atoms with Gasteiger partial charge in [-0.25, -0.2) is 0 Å². The van der Waals surface area contributed by atoms with Crippen LogP contribution in [0.15, 0.2) is 23.1 Å². The van der Waals surface area contributed by atoms with Gasteiger partial charge in [0.2, 0.25) is 0 Å². The second kappa shape index (κ2) is 5.84. The van der Waals surface area contributed by atoms with E-state index in [9.17, 15) is 4.79 Å². The third-order valence-corrected chi connectivity index (χ3v) is 2.89. The van der Waals surface area contributed by atoms with Crippen molar-refractivity contribution in [3.05, 3.63) is 28.7 Å². The van der Waals surface area contributed by atoms with E-state index in [1.54, 1.807) is 16.8 Å². The molecular weight excluding hydrogens is 218 g/mol. The van der Waals surface area contributed by atoms with Crippen molar-refractivity contribution in [2.75, 3.05) is 25.4 Å². The van der Waals surface area contributed by atoms with E-state index in [4.69, 9.17) is 10.6 Å². The first-order chi connectivity index (χ1) is 8.25. The van der Waals surface area contributed by atoms with Gasteiger partial charge in [0, 0.05) is 37.6 Å². The quantitative estimate of drug-likeness (QED) is 0.843. The van der Waals surface area contributed by atoms with Gasteiger partial charge in [-0.2, -0.15) is 5.06 Å². The number of pyridine rings is 1. The molecule has 0 aromatic carbocycles.